The van der Waals surface area contributed by atoms with Crippen molar-refractivity contribution in [2.75, 3.05) is 13.2 Å². The van der Waals surface area contributed by atoms with E-state index >= 15 is 0 Å². The maximum Gasteiger partial charge on any atom is 0.411 e. The van der Waals surface area contributed by atoms with Gasteiger partial charge in [0.25, 0.3) is 0 Å². The molecular formula is C19H25NO7. The number of carboxylic acids is 1. The topological polar surface area (TPSA) is 102 Å². The van der Waals surface area contributed by atoms with Crippen molar-refractivity contribution in [3.05, 3.63) is 29.8 Å². The molecule has 0 saturated carbocycles. The number of nitrogens with zero attached hydrogens (tertiary/aromatic N) is 1. The SMILES string of the molecule is CCOC(=O)c1cccc(O[C@H]2C[C@@H](C(=O)O)N(C(=O)OC(C)(C)C)C2)c1. The minimum Gasteiger partial charge on any atom is -0.488 e. The van der Waals surface area contributed by atoms with Crippen LogP contribution in [0.15, 0.2) is 24.3 Å². The van der Waals surface area contributed by atoms with Gasteiger partial charge in [-0.25, -0.2) is 14.4 Å². The van der Waals surface area contributed by atoms with E-state index in [4.69, 9.17) is 14.2 Å². The van der Waals surface area contributed by atoms with Crippen molar-refractivity contribution in [2.24, 2.45) is 0 Å². The lowest BCUT2D eigenvalue weighted by Gasteiger charge is -2.26. The Morgan fingerprint density at radius 2 is 1.96 bits per heavy atom. The molecule has 0 aromatic heterocycles. The summed E-state index contributed by atoms with van der Waals surface area (Å²) < 4.78 is 16.1. The highest BCUT2D eigenvalue weighted by Gasteiger charge is 2.42. The van der Waals surface area contributed by atoms with Crippen molar-refractivity contribution in [1.29, 1.82) is 0 Å². The molecule has 1 N–H and O–H groups in total. The van der Waals surface area contributed by atoms with E-state index in [1.807, 2.05) is 0 Å². The van der Waals surface area contributed by atoms with Crippen LogP contribution < -0.4 is 4.74 Å². The van der Waals surface area contributed by atoms with E-state index in [9.17, 15) is 19.5 Å². The summed E-state index contributed by atoms with van der Waals surface area (Å²) in [6.45, 7) is 7.20. The van der Waals surface area contributed by atoms with Crippen molar-refractivity contribution in [3.8, 4) is 5.75 Å². The highest BCUT2D eigenvalue weighted by atomic mass is 16.6. The summed E-state index contributed by atoms with van der Waals surface area (Å²) in [5, 5.41) is 9.42. The fraction of sp³-hybridized carbons (Fsp3) is 0.526. The maximum atomic E-state index is 12.3. The Labute approximate surface area is 158 Å². The van der Waals surface area contributed by atoms with Gasteiger partial charge in [0.05, 0.1) is 18.7 Å². The second kappa shape index (κ2) is 8.28. The van der Waals surface area contributed by atoms with Gasteiger partial charge in [0.15, 0.2) is 0 Å². The molecule has 1 aliphatic rings. The normalized spacial score (nSPS) is 19.5. The Morgan fingerprint density at radius 3 is 2.56 bits per heavy atom. The number of aliphatic carboxylic acids is 1. The summed E-state index contributed by atoms with van der Waals surface area (Å²) in [5.74, 6) is -1.18. The van der Waals surface area contributed by atoms with Crippen LogP contribution in [0.2, 0.25) is 0 Å². The predicted molar refractivity (Wildman–Crippen MR) is 95.8 cm³/mol. The van der Waals surface area contributed by atoms with Crippen LogP contribution >= 0.6 is 0 Å². The zero-order valence-corrected chi connectivity index (χ0v) is 15.9. The molecule has 0 radical (unpaired) electrons. The molecule has 8 heteroatoms. The standard InChI is InChI=1S/C19H25NO7/c1-5-25-17(23)12-7-6-8-13(9-12)26-14-10-15(16(21)22)20(11-14)18(24)27-19(2,3)4/h6-9,14-15H,5,10-11H2,1-4H3,(H,21,22)/t14-,15-/m0/s1. The van der Waals surface area contributed by atoms with Gasteiger partial charge in [-0.1, -0.05) is 6.07 Å². The highest BCUT2D eigenvalue weighted by Crippen LogP contribution is 2.26. The zero-order chi connectivity index (χ0) is 20.2. The van der Waals surface area contributed by atoms with E-state index in [0.29, 0.717) is 11.3 Å². The third kappa shape index (κ3) is 5.60. The van der Waals surface area contributed by atoms with Gasteiger partial charge in [-0.3, -0.25) is 4.90 Å². The molecule has 0 unspecified atom stereocenters. The van der Waals surface area contributed by atoms with Crippen molar-refractivity contribution < 1.29 is 33.7 Å². The summed E-state index contributed by atoms with van der Waals surface area (Å²) >= 11 is 0. The number of carbonyl (C=O) groups is 3. The molecular weight excluding hydrogens is 354 g/mol. The molecule has 1 saturated heterocycles. The first-order chi connectivity index (χ1) is 12.6. The first kappa shape index (κ1) is 20.5. The van der Waals surface area contributed by atoms with E-state index in [1.54, 1.807) is 45.9 Å². The third-order valence-corrected chi connectivity index (χ3v) is 3.82. The van der Waals surface area contributed by atoms with E-state index in [2.05, 4.69) is 0 Å². The van der Waals surface area contributed by atoms with Gasteiger partial charge in [-0.05, 0) is 45.9 Å². The lowest BCUT2D eigenvalue weighted by atomic mass is 10.2. The fourth-order valence-corrected chi connectivity index (χ4v) is 2.74. The number of rotatable bonds is 5. The second-order valence-corrected chi connectivity index (χ2v) is 7.21. The summed E-state index contributed by atoms with van der Waals surface area (Å²) in [6.07, 6.45) is -1.10. The van der Waals surface area contributed by atoms with Crippen molar-refractivity contribution in [1.82, 2.24) is 4.90 Å². The van der Waals surface area contributed by atoms with Crippen LogP contribution in [0, 0.1) is 0 Å². The lowest BCUT2D eigenvalue weighted by molar-refractivity contribution is -0.142. The van der Waals surface area contributed by atoms with Crippen LogP contribution in [0.1, 0.15) is 44.5 Å². The Hall–Kier alpha value is -2.77. The molecule has 1 aromatic carbocycles. The van der Waals surface area contributed by atoms with Crippen LogP contribution in [-0.2, 0) is 14.3 Å². The minimum atomic E-state index is -1.12. The van der Waals surface area contributed by atoms with E-state index in [-0.39, 0.29) is 19.6 Å². The molecule has 8 nitrogen and oxygen atoms in total. The van der Waals surface area contributed by atoms with E-state index in [1.165, 1.54) is 6.07 Å². The van der Waals surface area contributed by atoms with Crippen LogP contribution in [0.5, 0.6) is 5.75 Å². The van der Waals surface area contributed by atoms with Crippen molar-refractivity contribution in [2.45, 2.75) is 51.9 Å². The average Bonchev–Trinajstić information content (AvgIpc) is 2.98. The van der Waals surface area contributed by atoms with Gasteiger partial charge >= 0.3 is 18.0 Å². The lowest BCUT2D eigenvalue weighted by Crippen LogP contribution is -2.43. The molecule has 1 aromatic rings. The molecule has 0 spiro atoms. The molecule has 2 rings (SSSR count). The van der Waals surface area contributed by atoms with Gasteiger partial charge in [-0.2, -0.15) is 0 Å². The monoisotopic (exact) mass is 379 g/mol. The van der Waals surface area contributed by atoms with Gasteiger partial charge in [0.1, 0.15) is 23.5 Å². The fourth-order valence-electron chi connectivity index (χ4n) is 2.74. The van der Waals surface area contributed by atoms with E-state index < -0.39 is 35.8 Å². The Bertz CT molecular complexity index is 710. The molecule has 2 atom stereocenters. The van der Waals surface area contributed by atoms with Crippen molar-refractivity contribution >= 4 is 18.0 Å². The van der Waals surface area contributed by atoms with Gasteiger partial charge in [-0.15, -0.1) is 0 Å². The van der Waals surface area contributed by atoms with Gasteiger partial charge in [0, 0.05) is 6.42 Å². The number of hydrogen-bond acceptors (Lipinski definition) is 6. The Balaban J connectivity index is 2.10. The third-order valence-electron chi connectivity index (χ3n) is 3.82. The summed E-state index contributed by atoms with van der Waals surface area (Å²) in [4.78, 5) is 36.8. The summed E-state index contributed by atoms with van der Waals surface area (Å²) in [6, 6.07) is 5.42. The first-order valence-corrected chi connectivity index (χ1v) is 8.77. The smallest absolute Gasteiger partial charge is 0.411 e. The number of carbonyl (C=O) groups excluding carboxylic acids is 2. The molecule has 1 aliphatic heterocycles. The second-order valence-electron chi connectivity index (χ2n) is 7.21. The molecule has 0 aliphatic carbocycles. The minimum absolute atomic E-state index is 0.0789. The number of ether oxygens (including phenoxy) is 3. The Kier molecular flexibility index (Phi) is 6.30. The predicted octanol–water partition coefficient (Wildman–Crippen LogP) is 2.70. The van der Waals surface area contributed by atoms with Crippen molar-refractivity contribution in [3.63, 3.8) is 0 Å². The quantitative estimate of drug-likeness (QED) is 0.785. The number of carboxylic acid groups (broad SMARTS) is 1. The Morgan fingerprint density at radius 1 is 1.26 bits per heavy atom. The number of esters is 1. The molecule has 1 fully saturated rings. The highest BCUT2D eigenvalue weighted by molar-refractivity contribution is 5.89. The summed E-state index contributed by atoms with van der Waals surface area (Å²) in [5.41, 5.74) is -0.390. The van der Waals surface area contributed by atoms with Crippen LogP contribution in [0.3, 0.4) is 0 Å². The number of amides is 1. The van der Waals surface area contributed by atoms with Crippen LogP contribution in [0.4, 0.5) is 4.79 Å². The maximum absolute atomic E-state index is 12.3. The molecule has 27 heavy (non-hydrogen) atoms. The number of likely N-dealkylation sites (tertiary alicyclic amines) is 1. The van der Waals surface area contributed by atoms with Crippen LogP contribution in [-0.4, -0.2) is 58.9 Å². The molecule has 1 amide bonds. The summed E-state index contributed by atoms with van der Waals surface area (Å²) in [7, 11) is 0. The molecule has 1 heterocycles. The molecule has 0 bridgehead atoms. The first-order valence-electron chi connectivity index (χ1n) is 8.77. The van der Waals surface area contributed by atoms with E-state index in [0.717, 1.165) is 4.90 Å². The molecule has 148 valence electrons. The zero-order valence-electron chi connectivity index (χ0n) is 15.9. The average molecular weight is 379 g/mol. The number of benzene rings is 1. The number of hydrogen-bond donors (Lipinski definition) is 1. The largest absolute Gasteiger partial charge is 0.488 e. The van der Waals surface area contributed by atoms with Gasteiger partial charge < -0.3 is 19.3 Å². The van der Waals surface area contributed by atoms with Crippen LogP contribution in [0.25, 0.3) is 0 Å². The van der Waals surface area contributed by atoms with Gasteiger partial charge in [0.2, 0.25) is 0 Å².